The molecule has 0 atom stereocenters. The fourth-order valence-electron chi connectivity index (χ4n) is 1.50. The molecule has 0 fully saturated rings. The summed E-state index contributed by atoms with van der Waals surface area (Å²) in [6.45, 7) is 1.70. The molecule has 0 saturated carbocycles. The van der Waals surface area contributed by atoms with Crippen LogP contribution in [-0.4, -0.2) is 16.0 Å². The average molecular weight is 354 g/mol. The Bertz CT molecular complexity index is 582. The van der Waals surface area contributed by atoms with Crippen LogP contribution in [0, 0.1) is 10.5 Å². The smallest absolute Gasteiger partial charge is 0.257 e. The number of amides is 1. The molecule has 0 radical (unpaired) electrons. The number of phenols is 1. The van der Waals surface area contributed by atoms with Crippen molar-refractivity contribution in [3.63, 3.8) is 0 Å². The molecule has 2 aromatic rings. The normalized spacial score (nSPS) is 10.1. The fraction of sp³-hybridized carbons (Fsp3) is 0.0769. The number of phenolic OH excluding ortho intramolecular Hbond substituents is 1. The Morgan fingerprint density at radius 3 is 2.78 bits per heavy atom. The van der Waals surface area contributed by atoms with Gasteiger partial charge in [-0.2, -0.15) is 0 Å². The predicted octanol–water partition coefficient (Wildman–Crippen LogP) is 2.95. The van der Waals surface area contributed by atoms with Gasteiger partial charge in [-0.15, -0.1) is 0 Å². The number of nitrogens with zero attached hydrogens (tertiary/aromatic N) is 1. The molecule has 5 heteroatoms. The third-order valence-corrected chi connectivity index (χ3v) is 3.16. The zero-order valence-corrected chi connectivity index (χ0v) is 11.8. The summed E-state index contributed by atoms with van der Waals surface area (Å²) in [6, 6.07) is 8.45. The van der Waals surface area contributed by atoms with Crippen LogP contribution in [0.15, 0.2) is 36.5 Å². The summed E-state index contributed by atoms with van der Waals surface area (Å²) >= 11 is 2.14. The second kappa shape index (κ2) is 5.34. The number of carbonyl (C=O) groups excluding carboxylic acids is 1. The Morgan fingerprint density at radius 1 is 1.33 bits per heavy atom. The van der Waals surface area contributed by atoms with Gasteiger partial charge >= 0.3 is 0 Å². The van der Waals surface area contributed by atoms with Gasteiger partial charge in [-0.1, -0.05) is 6.07 Å². The van der Waals surface area contributed by atoms with Gasteiger partial charge in [-0.25, -0.2) is 4.98 Å². The number of rotatable bonds is 2. The molecule has 4 nitrogen and oxygen atoms in total. The van der Waals surface area contributed by atoms with Gasteiger partial charge < -0.3 is 10.4 Å². The quantitative estimate of drug-likeness (QED) is 0.816. The molecule has 1 aromatic heterocycles. The number of halogens is 1. The van der Waals surface area contributed by atoms with Crippen molar-refractivity contribution in [2.75, 3.05) is 5.32 Å². The maximum atomic E-state index is 12.0. The van der Waals surface area contributed by atoms with Gasteiger partial charge in [0.15, 0.2) is 0 Å². The Labute approximate surface area is 118 Å². The van der Waals surface area contributed by atoms with Crippen molar-refractivity contribution in [1.29, 1.82) is 0 Å². The Balaban J connectivity index is 2.22. The van der Waals surface area contributed by atoms with Crippen LogP contribution in [0.5, 0.6) is 5.75 Å². The Morgan fingerprint density at radius 2 is 2.11 bits per heavy atom. The van der Waals surface area contributed by atoms with E-state index in [-0.39, 0.29) is 11.7 Å². The van der Waals surface area contributed by atoms with Crippen LogP contribution in [-0.2, 0) is 0 Å². The van der Waals surface area contributed by atoms with E-state index in [1.165, 1.54) is 0 Å². The van der Waals surface area contributed by atoms with Gasteiger partial charge in [0.05, 0.1) is 0 Å². The molecule has 92 valence electrons. The lowest BCUT2D eigenvalue weighted by molar-refractivity contribution is 0.102. The van der Waals surface area contributed by atoms with Crippen molar-refractivity contribution in [3.05, 3.63) is 51.2 Å². The average Bonchev–Trinajstić information content (AvgIpc) is 2.35. The first kappa shape index (κ1) is 12.8. The molecule has 2 rings (SSSR count). The number of anilines is 1. The van der Waals surface area contributed by atoms with Crippen molar-refractivity contribution >= 4 is 34.3 Å². The molecule has 0 aliphatic heterocycles. The molecule has 1 heterocycles. The molecule has 0 aliphatic carbocycles. The summed E-state index contributed by atoms with van der Waals surface area (Å²) in [7, 11) is 0. The molecule has 18 heavy (non-hydrogen) atoms. The summed E-state index contributed by atoms with van der Waals surface area (Å²) in [5.41, 5.74) is 0.996. The van der Waals surface area contributed by atoms with Crippen LogP contribution < -0.4 is 5.32 Å². The van der Waals surface area contributed by atoms with Gasteiger partial charge in [0.2, 0.25) is 0 Å². The molecule has 2 N–H and O–H groups in total. The van der Waals surface area contributed by atoms with Crippen molar-refractivity contribution in [1.82, 2.24) is 4.98 Å². The fourth-order valence-corrected chi connectivity index (χ4v) is 1.82. The summed E-state index contributed by atoms with van der Waals surface area (Å²) in [5.74, 6) is 0.318. The standard InChI is InChI=1S/C13H11IN2O2/c1-8-10(3-2-4-11(8)17)13(18)16-12-6-5-9(14)7-15-12/h2-7,17H,1H3,(H,15,16,18). The molecule has 0 saturated heterocycles. The summed E-state index contributed by atoms with van der Waals surface area (Å²) in [6.07, 6.45) is 1.67. The third kappa shape index (κ3) is 2.79. The number of aromatic hydroxyl groups is 1. The lowest BCUT2D eigenvalue weighted by Gasteiger charge is -2.08. The molecular formula is C13H11IN2O2. The van der Waals surface area contributed by atoms with Gasteiger partial charge in [0.1, 0.15) is 11.6 Å². The van der Waals surface area contributed by atoms with Crippen molar-refractivity contribution < 1.29 is 9.90 Å². The largest absolute Gasteiger partial charge is 0.508 e. The van der Waals surface area contributed by atoms with E-state index >= 15 is 0 Å². The molecule has 0 bridgehead atoms. The number of nitrogens with one attached hydrogen (secondary N) is 1. The number of aromatic nitrogens is 1. The van der Waals surface area contributed by atoms with Crippen LogP contribution in [0.3, 0.4) is 0 Å². The number of hydrogen-bond acceptors (Lipinski definition) is 3. The summed E-state index contributed by atoms with van der Waals surface area (Å²) in [4.78, 5) is 16.1. The highest BCUT2D eigenvalue weighted by Gasteiger charge is 2.11. The van der Waals surface area contributed by atoms with Crippen LogP contribution in [0.2, 0.25) is 0 Å². The van der Waals surface area contributed by atoms with Crippen LogP contribution in [0.25, 0.3) is 0 Å². The van der Waals surface area contributed by atoms with Crippen LogP contribution >= 0.6 is 22.6 Å². The van der Waals surface area contributed by atoms with Gasteiger partial charge in [-0.3, -0.25) is 4.79 Å². The zero-order valence-electron chi connectivity index (χ0n) is 9.64. The lowest BCUT2D eigenvalue weighted by Crippen LogP contribution is -2.14. The minimum Gasteiger partial charge on any atom is -0.508 e. The first-order valence-corrected chi connectivity index (χ1v) is 6.37. The molecule has 1 aromatic carbocycles. The summed E-state index contributed by atoms with van der Waals surface area (Å²) in [5, 5.41) is 12.2. The number of hydrogen-bond donors (Lipinski definition) is 2. The topological polar surface area (TPSA) is 62.2 Å². The second-order valence-corrected chi connectivity index (χ2v) is 5.01. The minimum absolute atomic E-state index is 0.109. The maximum Gasteiger partial charge on any atom is 0.257 e. The third-order valence-electron chi connectivity index (χ3n) is 2.52. The summed E-state index contributed by atoms with van der Waals surface area (Å²) < 4.78 is 0.999. The van der Waals surface area contributed by atoms with Gasteiger partial charge in [0, 0.05) is 20.9 Å². The molecule has 1 amide bonds. The SMILES string of the molecule is Cc1c(O)cccc1C(=O)Nc1ccc(I)cn1. The highest BCUT2D eigenvalue weighted by atomic mass is 127. The molecular weight excluding hydrogens is 343 g/mol. The first-order chi connectivity index (χ1) is 8.58. The first-order valence-electron chi connectivity index (χ1n) is 5.29. The maximum absolute atomic E-state index is 12.0. The van der Waals surface area contributed by atoms with Crippen molar-refractivity contribution in [2.24, 2.45) is 0 Å². The molecule has 0 aliphatic rings. The second-order valence-electron chi connectivity index (χ2n) is 3.77. The number of carbonyl (C=O) groups is 1. The van der Waals surface area contributed by atoms with E-state index in [1.54, 1.807) is 37.4 Å². The van der Waals surface area contributed by atoms with Gasteiger partial charge in [-0.05, 0) is 53.8 Å². The van der Waals surface area contributed by atoms with Gasteiger partial charge in [0.25, 0.3) is 5.91 Å². The minimum atomic E-state index is -0.280. The van der Waals surface area contributed by atoms with Crippen molar-refractivity contribution in [3.8, 4) is 5.75 Å². The van der Waals surface area contributed by atoms with E-state index in [0.29, 0.717) is 16.9 Å². The highest BCUT2D eigenvalue weighted by molar-refractivity contribution is 14.1. The van der Waals surface area contributed by atoms with E-state index in [2.05, 4.69) is 32.9 Å². The van der Waals surface area contributed by atoms with Crippen molar-refractivity contribution in [2.45, 2.75) is 6.92 Å². The Kier molecular flexibility index (Phi) is 3.81. The number of benzene rings is 1. The van der Waals surface area contributed by atoms with Crippen LogP contribution in [0.1, 0.15) is 15.9 Å². The predicted molar refractivity (Wildman–Crippen MR) is 77.8 cm³/mol. The van der Waals surface area contributed by atoms with E-state index in [4.69, 9.17) is 0 Å². The van der Waals surface area contributed by atoms with E-state index in [0.717, 1.165) is 3.57 Å². The van der Waals surface area contributed by atoms with Crippen LogP contribution in [0.4, 0.5) is 5.82 Å². The zero-order chi connectivity index (χ0) is 13.1. The van der Waals surface area contributed by atoms with E-state index in [9.17, 15) is 9.90 Å². The highest BCUT2D eigenvalue weighted by Crippen LogP contribution is 2.20. The Hall–Kier alpha value is -1.63. The number of pyridine rings is 1. The molecule has 0 spiro atoms. The lowest BCUT2D eigenvalue weighted by atomic mass is 10.1. The van der Waals surface area contributed by atoms with E-state index < -0.39 is 0 Å². The van der Waals surface area contributed by atoms with E-state index in [1.807, 2.05) is 6.07 Å². The monoisotopic (exact) mass is 354 g/mol. The molecule has 0 unspecified atom stereocenters.